The molecule has 20 heavy (non-hydrogen) atoms. The Labute approximate surface area is 118 Å². The van der Waals surface area contributed by atoms with Crippen LogP contribution in [-0.2, 0) is 0 Å². The molecule has 0 aliphatic rings. The summed E-state index contributed by atoms with van der Waals surface area (Å²) >= 11 is 0. The second-order valence-corrected chi connectivity index (χ2v) is 5.16. The van der Waals surface area contributed by atoms with E-state index in [9.17, 15) is 0 Å². The number of rotatable bonds is 3. The van der Waals surface area contributed by atoms with E-state index in [1.54, 1.807) is 4.52 Å². The van der Waals surface area contributed by atoms with Crippen molar-refractivity contribution in [3.8, 4) is 0 Å². The van der Waals surface area contributed by atoms with Crippen molar-refractivity contribution in [2.75, 3.05) is 5.32 Å². The Kier molecular flexibility index (Phi) is 3.14. The lowest BCUT2D eigenvalue weighted by Gasteiger charge is -2.14. The van der Waals surface area contributed by atoms with E-state index in [1.807, 2.05) is 18.3 Å². The largest absolute Gasteiger partial charge is 0.346 e. The van der Waals surface area contributed by atoms with E-state index in [1.165, 1.54) is 16.7 Å². The van der Waals surface area contributed by atoms with Crippen molar-refractivity contribution < 1.29 is 0 Å². The van der Waals surface area contributed by atoms with Gasteiger partial charge in [0.25, 0.3) is 0 Å². The van der Waals surface area contributed by atoms with Crippen molar-refractivity contribution in [1.82, 2.24) is 14.6 Å². The molecule has 0 spiro atoms. The average molecular weight is 266 g/mol. The fourth-order valence-electron chi connectivity index (χ4n) is 2.39. The van der Waals surface area contributed by atoms with Crippen LogP contribution in [0.3, 0.4) is 0 Å². The van der Waals surface area contributed by atoms with Crippen LogP contribution in [0.4, 0.5) is 5.95 Å². The van der Waals surface area contributed by atoms with E-state index >= 15 is 0 Å². The standard InChI is InChI=1S/C16H18N4/c1-11-8-9-20-15(10-11)18-16(19-20)17-13(3)14-7-5-4-6-12(14)2/h4-10,13H,1-3H3,(H,17,19). The first-order valence-electron chi connectivity index (χ1n) is 6.78. The van der Waals surface area contributed by atoms with E-state index in [2.05, 4.69) is 60.4 Å². The average Bonchev–Trinajstić information content (AvgIpc) is 2.80. The molecule has 0 aliphatic carbocycles. The van der Waals surface area contributed by atoms with Gasteiger partial charge in [-0.2, -0.15) is 4.98 Å². The Morgan fingerprint density at radius 2 is 1.95 bits per heavy atom. The van der Waals surface area contributed by atoms with E-state index in [-0.39, 0.29) is 6.04 Å². The maximum absolute atomic E-state index is 4.51. The summed E-state index contributed by atoms with van der Waals surface area (Å²) in [6.45, 7) is 6.30. The zero-order valence-electron chi connectivity index (χ0n) is 12.0. The van der Waals surface area contributed by atoms with Crippen molar-refractivity contribution in [1.29, 1.82) is 0 Å². The molecular formula is C16H18N4. The van der Waals surface area contributed by atoms with Gasteiger partial charge >= 0.3 is 0 Å². The second kappa shape index (κ2) is 4.96. The van der Waals surface area contributed by atoms with Gasteiger partial charge in [-0.05, 0) is 49.6 Å². The van der Waals surface area contributed by atoms with E-state index in [4.69, 9.17) is 0 Å². The van der Waals surface area contributed by atoms with Gasteiger partial charge in [-0.3, -0.25) is 0 Å². The third-order valence-electron chi connectivity index (χ3n) is 3.49. The fourth-order valence-corrected chi connectivity index (χ4v) is 2.39. The Hall–Kier alpha value is -2.36. The van der Waals surface area contributed by atoms with Crippen LogP contribution in [0.25, 0.3) is 5.65 Å². The zero-order valence-corrected chi connectivity index (χ0v) is 12.0. The highest BCUT2D eigenvalue weighted by Crippen LogP contribution is 2.20. The van der Waals surface area contributed by atoms with E-state index < -0.39 is 0 Å². The maximum atomic E-state index is 4.51. The third kappa shape index (κ3) is 2.37. The van der Waals surface area contributed by atoms with Crippen molar-refractivity contribution in [3.63, 3.8) is 0 Å². The van der Waals surface area contributed by atoms with Gasteiger partial charge in [0.2, 0.25) is 5.95 Å². The molecule has 2 aromatic heterocycles. The highest BCUT2D eigenvalue weighted by atomic mass is 15.3. The van der Waals surface area contributed by atoms with E-state index in [0.29, 0.717) is 5.95 Å². The van der Waals surface area contributed by atoms with Crippen LogP contribution < -0.4 is 5.32 Å². The number of anilines is 1. The number of nitrogens with one attached hydrogen (secondary N) is 1. The van der Waals surface area contributed by atoms with E-state index in [0.717, 1.165) is 5.65 Å². The second-order valence-electron chi connectivity index (χ2n) is 5.16. The molecule has 0 amide bonds. The van der Waals surface area contributed by atoms with Gasteiger partial charge in [-0.25, -0.2) is 4.52 Å². The van der Waals surface area contributed by atoms with Crippen molar-refractivity contribution >= 4 is 11.6 Å². The number of nitrogens with zero attached hydrogens (tertiary/aromatic N) is 3. The van der Waals surface area contributed by atoms with Crippen LogP contribution in [0.1, 0.15) is 29.7 Å². The summed E-state index contributed by atoms with van der Waals surface area (Å²) < 4.78 is 1.79. The van der Waals surface area contributed by atoms with Gasteiger partial charge in [0.05, 0.1) is 6.04 Å². The SMILES string of the molecule is Cc1ccn2nc(NC(C)c3ccccc3C)nc2c1. The molecule has 2 heterocycles. The molecule has 4 nitrogen and oxygen atoms in total. The first-order valence-corrected chi connectivity index (χ1v) is 6.78. The lowest BCUT2D eigenvalue weighted by Crippen LogP contribution is -2.09. The minimum absolute atomic E-state index is 0.176. The molecule has 1 aromatic carbocycles. The van der Waals surface area contributed by atoms with Crippen molar-refractivity contribution in [2.24, 2.45) is 0 Å². The zero-order chi connectivity index (χ0) is 14.1. The molecular weight excluding hydrogens is 248 g/mol. The molecule has 0 saturated heterocycles. The van der Waals surface area contributed by atoms with Crippen molar-refractivity contribution in [3.05, 3.63) is 59.3 Å². The van der Waals surface area contributed by atoms with Gasteiger partial charge < -0.3 is 5.32 Å². The number of pyridine rings is 1. The molecule has 102 valence electrons. The molecule has 3 rings (SSSR count). The Morgan fingerprint density at radius 1 is 1.15 bits per heavy atom. The lowest BCUT2D eigenvalue weighted by atomic mass is 10.0. The van der Waals surface area contributed by atoms with Crippen LogP contribution in [0.5, 0.6) is 0 Å². The maximum Gasteiger partial charge on any atom is 0.243 e. The Morgan fingerprint density at radius 3 is 2.75 bits per heavy atom. The van der Waals surface area contributed by atoms with Gasteiger partial charge in [0.1, 0.15) is 0 Å². The quantitative estimate of drug-likeness (QED) is 0.788. The predicted octanol–water partition coefficient (Wildman–Crippen LogP) is 3.52. The molecule has 0 radical (unpaired) electrons. The van der Waals surface area contributed by atoms with Crippen LogP contribution in [0.15, 0.2) is 42.6 Å². The van der Waals surface area contributed by atoms with Crippen LogP contribution in [0, 0.1) is 13.8 Å². The molecule has 0 fully saturated rings. The molecule has 0 bridgehead atoms. The first kappa shape index (κ1) is 12.7. The summed E-state index contributed by atoms with van der Waals surface area (Å²) in [5.74, 6) is 0.659. The van der Waals surface area contributed by atoms with Crippen LogP contribution in [0.2, 0.25) is 0 Å². The molecule has 3 aromatic rings. The number of hydrogen-bond donors (Lipinski definition) is 1. The monoisotopic (exact) mass is 266 g/mol. The van der Waals surface area contributed by atoms with Gasteiger partial charge in [-0.15, -0.1) is 5.10 Å². The molecule has 1 unspecified atom stereocenters. The van der Waals surface area contributed by atoms with Gasteiger partial charge in [0, 0.05) is 6.20 Å². The van der Waals surface area contributed by atoms with Gasteiger partial charge in [-0.1, -0.05) is 24.3 Å². The molecule has 1 N–H and O–H groups in total. The van der Waals surface area contributed by atoms with Crippen LogP contribution >= 0.6 is 0 Å². The summed E-state index contributed by atoms with van der Waals surface area (Å²) in [6.07, 6.45) is 1.93. The highest BCUT2D eigenvalue weighted by molar-refractivity contribution is 5.46. The lowest BCUT2D eigenvalue weighted by molar-refractivity contribution is 0.845. The summed E-state index contributed by atoms with van der Waals surface area (Å²) in [5, 5.41) is 7.81. The predicted molar refractivity (Wildman–Crippen MR) is 80.9 cm³/mol. The highest BCUT2D eigenvalue weighted by Gasteiger charge is 2.10. The van der Waals surface area contributed by atoms with Crippen LogP contribution in [-0.4, -0.2) is 14.6 Å². The Bertz CT molecular complexity index is 745. The minimum atomic E-state index is 0.176. The first-order chi connectivity index (χ1) is 9.63. The molecule has 1 atom stereocenters. The summed E-state index contributed by atoms with van der Waals surface area (Å²) in [7, 11) is 0. The number of hydrogen-bond acceptors (Lipinski definition) is 3. The smallest absolute Gasteiger partial charge is 0.243 e. The summed E-state index contributed by atoms with van der Waals surface area (Å²) in [6, 6.07) is 12.6. The third-order valence-corrected chi connectivity index (χ3v) is 3.49. The number of aromatic nitrogens is 3. The molecule has 4 heteroatoms. The number of benzene rings is 1. The number of fused-ring (bicyclic) bond motifs is 1. The topological polar surface area (TPSA) is 42.2 Å². The summed E-state index contributed by atoms with van der Waals surface area (Å²) in [5.41, 5.74) is 4.59. The summed E-state index contributed by atoms with van der Waals surface area (Å²) in [4.78, 5) is 4.51. The molecule has 0 saturated carbocycles. The van der Waals surface area contributed by atoms with Crippen molar-refractivity contribution in [2.45, 2.75) is 26.8 Å². The Balaban J connectivity index is 1.87. The van der Waals surface area contributed by atoms with Gasteiger partial charge in [0.15, 0.2) is 5.65 Å². The number of aryl methyl sites for hydroxylation is 2. The fraction of sp³-hybridized carbons (Fsp3) is 0.250. The molecule has 0 aliphatic heterocycles. The minimum Gasteiger partial charge on any atom is -0.346 e. The normalized spacial score (nSPS) is 12.6.